The van der Waals surface area contributed by atoms with E-state index in [4.69, 9.17) is 4.42 Å². The van der Waals surface area contributed by atoms with E-state index < -0.39 is 0 Å². The van der Waals surface area contributed by atoms with Gasteiger partial charge in [0.1, 0.15) is 0 Å². The Morgan fingerprint density at radius 2 is 2.14 bits per heavy atom. The van der Waals surface area contributed by atoms with E-state index in [1.54, 1.807) is 23.5 Å². The number of hydrogen-bond acceptors (Lipinski definition) is 4. The predicted octanol–water partition coefficient (Wildman–Crippen LogP) is 3.30. The molecule has 5 heteroatoms. The van der Waals surface area contributed by atoms with Gasteiger partial charge in [0, 0.05) is 11.4 Å². The zero-order valence-electron chi connectivity index (χ0n) is 12.0. The number of nitrogens with one attached hydrogen (secondary N) is 1. The van der Waals surface area contributed by atoms with Crippen LogP contribution in [0, 0.1) is 0 Å². The smallest absolute Gasteiger partial charge is 0.287 e. The van der Waals surface area contributed by atoms with Crippen LogP contribution in [-0.2, 0) is 0 Å². The summed E-state index contributed by atoms with van der Waals surface area (Å²) in [6, 6.07) is 7.92. The van der Waals surface area contributed by atoms with Crippen LogP contribution in [-0.4, -0.2) is 30.4 Å². The fraction of sp³-hybridized carbons (Fsp3) is 0.438. The van der Waals surface area contributed by atoms with E-state index in [-0.39, 0.29) is 11.9 Å². The number of carbonyl (C=O) groups excluding carboxylic acids is 1. The summed E-state index contributed by atoms with van der Waals surface area (Å²) < 4.78 is 5.14. The molecule has 1 amide bonds. The highest BCUT2D eigenvalue weighted by molar-refractivity contribution is 7.10. The third-order valence-corrected chi connectivity index (χ3v) is 4.88. The second kappa shape index (κ2) is 6.91. The molecule has 21 heavy (non-hydrogen) atoms. The SMILES string of the molecule is O=C(NCC(c1cccs1)N1CCCCC1)c1ccco1. The van der Waals surface area contributed by atoms with Gasteiger partial charge in [-0.05, 0) is 49.5 Å². The van der Waals surface area contributed by atoms with Crippen LogP contribution in [0.25, 0.3) is 0 Å². The Labute approximate surface area is 128 Å². The Balaban J connectivity index is 1.66. The van der Waals surface area contributed by atoms with Gasteiger partial charge in [-0.15, -0.1) is 11.3 Å². The van der Waals surface area contributed by atoms with E-state index >= 15 is 0 Å². The number of likely N-dealkylation sites (tertiary alicyclic amines) is 1. The van der Waals surface area contributed by atoms with Crippen LogP contribution in [0.4, 0.5) is 0 Å². The summed E-state index contributed by atoms with van der Waals surface area (Å²) in [6.07, 6.45) is 5.32. The van der Waals surface area contributed by atoms with Gasteiger partial charge in [-0.2, -0.15) is 0 Å². The molecule has 1 unspecified atom stereocenters. The van der Waals surface area contributed by atoms with Crippen LogP contribution in [0.5, 0.6) is 0 Å². The molecule has 2 aromatic heterocycles. The summed E-state index contributed by atoms with van der Waals surface area (Å²) in [5.41, 5.74) is 0. The molecule has 0 bridgehead atoms. The monoisotopic (exact) mass is 304 g/mol. The molecule has 2 aromatic rings. The lowest BCUT2D eigenvalue weighted by molar-refractivity contribution is 0.0898. The topological polar surface area (TPSA) is 45.5 Å². The van der Waals surface area contributed by atoms with Gasteiger partial charge in [0.2, 0.25) is 0 Å². The summed E-state index contributed by atoms with van der Waals surface area (Å²) in [7, 11) is 0. The number of piperidine rings is 1. The first-order valence-corrected chi connectivity index (χ1v) is 8.32. The van der Waals surface area contributed by atoms with Gasteiger partial charge in [-0.3, -0.25) is 9.69 Å². The van der Waals surface area contributed by atoms with E-state index in [1.807, 2.05) is 0 Å². The molecule has 3 heterocycles. The first-order valence-electron chi connectivity index (χ1n) is 7.44. The van der Waals surface area contributed by atoms with Crippen molar-refractivity contribution in [1.82, 2.24) is 10.2 Å². The van der Waals surface area contributed by atoms with Crippen LogP contribution in [0.15, 0.2) is 40.3 Å². The molecule has 0 saturated carbocycles. The Bertz CT molecular complexity index is 545. The predicted molar refractivity (Wildman–Crippen MR) is 83.5 cm³/mol. The lowest BCUT2D eigenvalue weighted by Gasteiger charge is -2.34. The second-order valence-corrected chi connectivity index (χ2v) is 6.29. The average molecular weight is 304 g/mol. The number of thiophene rings is 1. The molecule has 1 aliphatic heterocycles. The highest BCUT2D eigenvalue weighted by Crippen LogP contribution is 2.27. The molecule has 0 radical (unpaired) electrons. The molecule has 0 aliphatic carbocycles. The molecule has 4 nitrogen and oxygen atoms in total. The van der Waals surface area contributed by atoms with E-state index in [9.17, 15) is 4.79 Å². The van der Waals surface area contributed by atoms with Gasteiger partial charge in [0.05, 0.1) is 12.3 Å². The van der Waals surface area contributed by atoms with Gasteiger partial charge < -0.3 is 9.73 Å². The lowest BCUT2D eigenvalue weighted by Crippen LogP contribution is -2.40. The lowest BCUT2D eigenvalue weighted by atomic mass is 10.1. The zero-order chi connectivity index (χ0) is 14.5. The van der Waals surface area contributed by atoms with E-state index in [1.165, 1.54) is 30.4 Å². The molecule has 0 spiro atoms. The molecule has 1 N–H and O–H groups in total. The van der Waals surface area contributed by atoms with Crippen molar-refractivity contribution >= 4 is 17.2 Å². The third kappa shape index (κ3) is 3.54. The number of carbonyl (C=O) groups is 1. The number of hydrogen-bond donors (Lipinski definition) is 1. The van der Waals surface area contributed by atoms with Crippen LogP contribution in [0.2, 0.25) is 0 Å². The summed E-state index contributed by atoms with van der Waals surface area (Å²) in [5, 5.41) is 5.10. The fourth-order valence-corrected chi connectivity index (χ4v) is 3.67. The summed E-state index contributed by atoms with van der Waals surface area (Å²) in [6.45, 7) is 2.85. The van der Waals surface area contributed by atoms with Crippen LogP contribution < -0.4 is 5.32 Å². The minimum atomic E-state index is -0.140. The van der Waals surface area contributed by atoms with Gasteiger partial charge in [0.15, 0.2) is 5.76 Å². The maximum atomic E-state index is 12.0. The molecule has 1 saturated heterocycles. The first kappa shape index (κ1) is 14.4. The molecule has 3 rings (SSSR count). The molecule has 1 aliphatic rings. The summed E-state index contributed by atoms with van der Waals surface area (Å²) >= 11 is 1.76. The van der Waals surface area contributed by atoms with E-state index in [0.29, 0.717) is 12.3 Å². The molecular weight excluding hydrogens is 284 g/mol. The van der Waals surface area contributed by atoms with Gasteiger partial charge >= 0.3 is 0 Å². The third-order valence-electron chi connectivity index (χ3n) is 3.90. The maximum absolute atomic E-state index is 12.0. The zero-order valence-corrected chi connectivity index (χ0v) is 12.8. The molecule has 0 aromatic carbocycles. The molecule has 1 fully saturated rings. The van der Waals surface area contributed by atoms with Crippen molar-refractivity contribution in [1.29, 1.82) is 0 Å². The van der Waals surface area contributed by atoms with Gasteiger partial charge in [-0.25, -0.2) is 0 Å². The molecule has 1 atom stereocenters. The van der Waals surface area contributed by atoms with Gasteiger partial charge in [0.25, 0.3) is 5.91 Å². The highest BCUT2D eigenvalue weighted by Gasteiger charge is 2.24. The number of nitrogens with zero attached hydrogens (tertiary/aromatic N) is 1. The number of amides is 1. The minimum Gasteiger partial charge on any atom is -0.459 e. The molecule has 112 valence electrons. The van der Waals surface area contributed by atoms with Crippen molar-refractivity contribution in [2.24, 2.45) is 0 Å². The average Bonchev–Trinajstić information content (AvgIpc) is 3.22. The Hall–Kier alpha value is -1.59. The summed E-state index contributed by atoms with van der Waals surface area (Å²) in [5.74, 6) is 0.233. The van der Waals surface area contributed by atoms with Crippen LogP contribution >= 0.6 is 11.3 Å². The van der Waals surface area contributed by atoms with Crippen molar-refractivity contribution in [3.63, 3.8) is 0 Å². The van der Waals surface area contributed by atoms with Crippen LogP contribution in [0.3, 0.4) is 0 Å². The first-order chi connectivity index (χ1) is 10.3. The highest BCUT2D eigenvalue weighted by atomic mass is 32.1. The van der Waals surface area contributed by atoms with Crippen molar-refractivity contribution in [2.75, 3.05) is 19.6 Å². The van der Waals surface area contributed by atoms with Crippen molar-refractivity contribution in [3.8, 4) is 0 Å². The van der Waals surface area contributed by atoms with Gasteiger partial charge in [-0.1, -0.05) is 12.5 Å². The number of rotatable bonds is 5. The standard InChI is InChI=1S/C16H20N2O2S/c19-16(14-6-4-10-20-14)17-12-13(15-7-5-11-21-15)18-8-2-1-3-9-18/h4-7,10-11,13H,1-3,8-9,12H2,(H,17,19). The van der Waals surface area contributed by atoms with Crippen LogP contribution in [0.1, 0.15) is 40.7 Å². The largest absolute Gasteiger partial charge is 0.459 e. The Morgan fingerprint density at radius 3 is 2.81 bits per heavy atom. The Morgan fingerprint density at radius 1 is 1.29 bits per heavy atom. The van der Waals surface area contributed by atoms with E-state index in [0.717, 1.165) is 13.1 Å². The normalized spacial score (nSPS) is 17.5. The fourth-order valence-electron chi connectivity index (χ4n) is 2.80. The molecular formula is C16H20N2O2S. The second-order valence-electron chi connectivity index (χ2n) is 5.32. The maximum Gasteiger partial charge on any atom is 0.287 e. The summed E-state index contributed by atoms with van der Waals surface area (Å²) in [4.78, 5) is 15.8. The quantitative estimate of drug-likeness (QED) is 0.922. The van der Waals surface area contributed by atoms with Crippen molar-refractivity contribution in [3.05, 3.63) is 46.5 Å². The minimum absolute atomic E-state index is 0.140. The van der Waals surface area contributed by atoms with E-state index in [2.05, 4.69) is 27.7 Å². The van der Waals surface area contributed by atoms with Crippen molar-refractivity contribution < 1.29 is 9.21 Å². The number of furan rings is 1. The van der Waals surface area contributed by atoms with Crippen molar-refractivity contribution in [2.45, 2.75) is 25.3 Å². The Kier molecular flexibility index (Phi) is 4.72.